The molecule has 1 aliphatic heterocycles. The Hall–Kier alpha value is -2.52. The van der Waals surface area contributed by atoms with E-state index in [1.165, 1.54) is 0 Å². The Morgan fingerprint density at radius 2 is 1.79 bits per heavy atom. The van der Waals surface area contributed by atoms with E-state index in [9.17, 15) is 4.79 Å². The van der Waals surface area contributed by atoms with E-state index < -0.39 is 0 Å². The van der Waals surface area contributed by atoms with E-state index in [2.05, 4.69) is 0 Å². The molecule has 0 radical (unpaired) electrons. The third kappa shape index (κ3) is 2.42. The standard InChI is InChI=1S/C20H16ClNO2/c21-12-15-10-11-24-19-16-8-4-5-9-17(16)22(20(23)18(15)19)13-14-6-2-1-3-7-14/h1-10H,11-13H2. The average molecular weight is 338 g/mol. The minimum atomic E-state index is -0.0563. The molecular formula is C20H16ClNO2. The lowest BCUT2D eigenvalue weighted by atomic mass is 10.0. The van der Waals surface area contributed by atoms with Crippen LogP contribution in [0.25, 0.3) is 16.5 Å². The van der Waals surface area contributed by atoms with Crippen molar-refractivity contribution in [3.63, 3.8) is 0 Å². The lowest BCUT2D eigenvalue weighted by Crippen LogP contribution is -2.27. The van der Waals surface area contributed by atoms with Crippen LogP contribution in [0, 0.1) is 0 Å². The molecule has 0 atom stereocenters. The van der Waals surface area contributed by atoms with E-state index in [0.717, 1.165) is 22.0 Å². The van der Waals surface area contributed by atoms with Crippen LogP contribution in [0.2, 0.25) is 0 Å². The van der Waals surface area contributed by atoms with Gasteiger partial charge in [-0.25, -0.2) is 0 Å². The summed E-state index contributed by atoms with van der Waals surface area (Å²) in [6.45, 7) is 0.963. The summed E-state index contributed by atoms with van der Waals surface area (Å²) < 4.78 is 7.61. The maximum atomic E-state index is 13.2. The normalized spacial score (nSPS) is 13.3. The molecule has 2 heterocycles. The molecule has 0 spiro atoms. The van der Waals surface area contributed by atoms with E-state index >= 15 is 0 Å². The highest BCUT2D eigenvalue weighted by molar-refractivity contribution is 6.23. The number of allylic oxidation sites excluding steroid dienone is 1. The Morgan fingerprint density at radius 1 is 1.04 bits per heavy atom. The molecule has 120 valence electrons. The minimum Gasteiger partial charge on any atom is -0.488 e. The highest BCUT2D eigenvalue weighted by Gasteiger charge is 2.23. The highest BCUT2D eigenvalue weighted by atomic mass is 35.5. The van der Waals surface area contributed by atoms with Crippen LogP contribution in [-0.4, -0.2) is 17.1 Å². The number of ether oxygens (including phenoxy) is 1. The number of rotatable bonds is 3. The molecule has 0 aliphatic carbocycles. The van der Waals surface area contributed by atoms with Crippen LogP contribution in [0.4, 0.5) is 0 Å². The number of aromatic nitrogens is 1. The highest BCUT2D eigenvalue weighted by Crippen LogP contribution is 2.34. The summed E-state index contributed by atoms with van der Waals surface area (Å²) in [6, 6.07) is 17.8. The predicted octanol–water partition coefficient (Wildman–Crippen LogP) is 4.06. The summed E-state index contributed by atoms with van der Waals surface area (Å²) in [5, 5.41) is 0.943. The quantitative estimate of drug-likeness (QED) is 0.675. The van der Waals surface area contributed by atoms with E-state index in [4.69, 9.17) is 16.3 Å². The Morgan fingerprint density at radius 3 is 2.58 bits per heavy atom. The van der Waals surface area contributed by atoms with Crippen LogP contribution in [0.1, 0.15) is 11.1 Å². The summed E-state index contributed by atoms with van der Waals surface area (Å²) in [7, 11) is 0. The van der Waals surface area contributed by atoms with Crippen molar-refractivity contribution in [2.45, 2.75) is 6.54 Å². The molecular weight excluding hydrogens is 322 g/mol. The number of halogens is 1. The molecule has 0 fully saturated rings. The summed E-state index contributed by atoms with van der Waals surface area (Å²) in [5.74, 6) is 0.952. The summed E-state index contributed by atoms with van der Waals surface area (Å²) >= 11 is 6.07. The van der Waals surface area contributed by atoms with Crippen molar-refractivity contribution in [2.24, 2.45) is 0 Å². The van der Waals surface area contributed by atoms with Gasteiger partial charge in [0.25, 0.3) is 5.56 Å². The number of nitrogens with zero attached hydrogens (tertiary/aromatic N) is 1. The number of benzene rings is 2. The lowest BCUT2D eigenvalue weighted by Gasteiger charge is -2.22. The number of fused-ring (bicyclic) bond motifs is 3. The van der Waals surface area contributed by atoms with Gasteiger partial charge >= 0.3 is 0 Å². The second kappa shape index (κ2) is 6.17. The Balaban J connectivity index is 2.02. The largest absolute Gasteiger partial charge is 0.488 e. The molecule has 1 aliphatic rings. The zero-order chi connectivity index (χ0) is 16.5. The van der Waals surface area contributed by atoms with Gasteiger partial charge in [0.05, 0.1) is 17.6 Å². The fraction of sp³-hybridized carbons (Fsp3) is 0.150. The van der Waals surface area contributed by atoms with E-state index in [0.29, 0.717) is 30.3 Å². The van der Waals surface area contributed by atoms with Crippen LogP contribution in [-0.2, 0) is 6.54 Å². The summed E-state index contributed by atoms with van der Waals surface area (Å²) in [6.07, 6.45) is 1.89. The van der Waals surface area contributed by atoms with Crippen LogP contribution in [0.15, 0.2) is 65.5 Å². The molecule has 0 unspecified atom stereocenters. The van der Waals surface area contributed by atoms with Crippen molar-refractivity contribution in [3.05, 3.63) is 82.2 Å². The Bertz CT molecular complexity index is 990. The number of hydrogen-bond donors (Lipinski definition) is 0. The second-order valence-corrected chi connectivity index (χ2v) is 6.04. The van der Waals surface area contributed by atoms with Crippen LogP contribution in [0.5, 0.6) is 5.75 Å². The zero-order valence-corrected chi connectivity index (χ0v) is 13.8. The first-order valence-electron chi connectivity index (χ1n) is 7.87. The van der Waals surface area contributed by atoms with Crippen LogP contribution in [0.3, 0.4) is 0 Å². The molecule has 2 aromatic carbocycles. The van der Waals surface area contributed by atoms with Gasteiger partial charge in [0.1, 0.15) is 12.4 Å². The maximum Gasteiger partial charge on any atom is 0.262 e. The third-order valence-electron chi connectivity index (χ3n) is 4.33. The maximum absolute atomic E-state index is 13.2. The number of alkyl halides is 1. The third-order valence-corrected chi connectivity index (χ3v) is 4.62. The van der Waals surface area contributed by atoms with E-state index in [-0.39, 0.29) is 5.56 Å². The summed E-state index contributed by atoms with van der Waals surface area (Å²) in [5.41, 5.74) is 3.33. The number of pyridine rings is 1. The van der Waals surface area contributed by atoms with E-state index in [1.807, 2.05) is 60.7 Å². The Labute approximate surface area is 144 Å². The monoisotopic (exact) mass is 337 g/mol. The topological polar surface area (TPSA) is 31.2 Å². The predicted molar refractivity (Wildman–Crippen MR) is 97.9 cm³/mol. The first-order valence-corrected chi connectivity index (χ1v) is 8.40. The van der Waals surface area contributed by atoms with E-state index in [1.54, 1.807) is 4.57 Å². The molecule has 24 heavy (non-hydrogen) atoms. The van der Waals surface area contributed by atoms with Gasteiger partial charge in [0, 0.05) is 11.3 Å². The van der Waals surface area contributed by atoms with Crippen molar-refractivity contribution < 1.29 is 4.74 Å². The Kier molecular flexibility index (Phi) is 3.87. The molecule has 3 nitrogen and oxygen atoms in total. The van der Waals surface area contributed by atoms with Crippen molar-refractivity contribution in [2.75, 3.05) is 12.5 Å². The SMILES string of the molecule is O=c1c2c(c3ccccc3n1Cc1ccccc1)OCC=C2CCl. The molecule has 0 saturated heterocycles. The van der Waals surface area contributed by atoms with Crippen LogP contribution < -0.4 is 10.3 Å². The van der Waals surface area contributed by atoms with Gasteiger partial charge in [0.2, 0.25) is 0 Å². The fourth-order valence-electron chi connectivity index (χ4n) is 3.18. The molecule has 0 amide bonds. The first-order chi connectivity index (χ1) is 11.8. The smallest absolute Gasteiger partial charge is 0.262 e. The van der Waals surface area contributed by atoms with Crippen molar-refractivity contribution in [3.8, 4) is 5.75 Å². The molecule has 4 heteroatoms. The molecule has 0 N–H and O–H groups in total. The summed E-state index contributed by atoms with van der Waals surface area (Å²) in [4.78, 5) is 13.2. The molecule has 1 aromatic heterocycles. The van der Waals surface area contributed by atoms with Gasteiger partial charge in [0.15, 0.2) is 0 Å². The molecule has 4 rings (SSSR count). The van der Waals surface area contributed by atoms with Gasteiger partial charge in [-0.3, -0.25) is 4.79 Å². The van der Waals surface area contributed by atoms with Gasteiger partial charge in [-0.1, -0.05) is 42.5 Å². The van der Waals surface area contributed by atoms with Gasteiger partial charge in [-0.2, -0.15) is 0 Å². The van der Waals surface area contributed by atoms with Gasteiger partial charge in [-0.05, 0) is 29.3 Å². The van der Waals surface area contributed by atoms with Crippen LogP contribution >= 0.6 is 11.6 Å². The lowest BCUT2D eigenvalue weighted by molar-refractivity contribution is 0.360. The zero-order valence-electron chi connectivity index (χ0n) is 13.0. The second-order valence-electron chi connectivity index (χ2n) is 5.77. The number of hydrogen-bond acceptors (Lipinski definition) is 2. The average Bonchev–Trinajstić information content (AvgIpc) is 2.65. The minimum absolute atomic E-state index is 0.0563. The molecule has 3 aromatic rings. The number of para-hydroxylation sites is 1. The van der Waals surface area contributed by atoms with Crippen molar-refractivity contribution >= 4 is 28.1 Å². The van der Waals surface area contributed by atoms with Crippen molar-refractivity contribution in [1.82, 2.24) is 4.57 Å². The first kappa shape index (κ1) is 15.0. The molecule has 0 saturated carbocycles. The fourth-order valence-corrected chi connectivity index (χ4v) is 3.42. The van der Waals surface area contributed by atoms with Crippen molar-refractivity contribution in [1.29, 1.82) is 0 Å². The molecule has 0 bridgehead atoms. The van der Waals surface area contributed by atoms with Gasteiger partial charge < -0.3 is 9.30 Å². The van der Waals surface area contributed by atoms with Gasteiger partial charge in [-0.15, -0.1) is 11.6 Å².